The molecule has 1 aromatic heterocycles. The Labute approximate surface area is 142 Å². The molecule has 0 aliphatic carbocycles. The molecule has 0 unspecified atom stereocenters. The summed E-state index contributed by atoms with van der Waals surface area (Å²) in [6.07, 6.45) is 3.44. The van der Waals surface area contributed by atoms with Gasteiger partial charge < -0.3 is 5.32 Å². The third kappa shape index (κ3) is 4.00. The highest BCUT2D eigenvalue weighted by atomic mass is 16.1. The van der Waals surface area contributed by atoms with Gasteiger partial charge in [0.1, 0.15) is 0 Å². The molecular formula is C18H25N5O. The van der Waals surface area contributed by atoms with Gasteiger partial charge in [-0.25, -0.2) is 4.68 Å². The second-order valence-corrected chi connectivity index (χ2v) is 6.34. The molecule has 6 nitrogen and oxygen atoms in total. The first-order valence-corrected chi connectivity index (χ1v) is 8.65. The summed E-state index contributed by atoms with van der Waals surface area (Å²) in [5.74, 6) is 1.68. The first-order chi connectivity index (χ1) is 11.7. The lowest BCUT2D eigenvalue weighted by molar-refractivity contribution is -0.115. The van der Waals surface area contributed by atoms with Crippen LogP contribution in [0.3, 0.4) is 0 Å². The van der Waals surface area contributed by atoms with E-state index in [1.807, 2.05) is 19.2 Å². The van der Waals surface area contributed by atoms with Crippen molar-refractivity contribution in [3.8, 4) is 0 Å². The second kappa shape index (κ2) is 7.57. The molecule has 1 aliphatic heterocycles. The van der Waals surface area contributed by atoms with Crippen LogP contribution < -0.4 is 10.6 Å². The van der Waals surface area contributed by atoms with E-state index < -0.39 is 0 Å². The highest BCUT2D eigenvalue weighted by Crippen LogP contribution is 2.23. The molecule has 2 heterocycles. The van der Waals surface area contributed by atoms with Gasteiger partial charge in [0.25, 0.3) is 0 Å². The Hall–Kier alpha value is -2.21. The SMILES string of the molecule is CCc1ccc(CC(=O)Nc2nc(C3CCNCC3)nn2C)cc1. The van der Waals surface area contributed by atoms with Crippen molar-refractivity contribution >= 4 is 11.9 Å². The zero-order chi connectivity index (χ0) is 16.9. The van der Waals surface area contributed by atoms with Crippen molar-refractivity contribution in [2.75, 3.05) is 18.4 Å². The normalized spacial score (nSPS) is 15.4. The molecule has 0 atom stereocenters. The molecule has 1 aromatic carbocycles. The summed E-state index contributed by atoms with van der Waals surface area (Å²) in [6.45, 7) is 4.12. The van der Waals surface area contributed by atoms with E-state index >= 15 is 0 Å². The van der Waals surface area contributed by atoms with E-state index in [2.05, 4.69) is 39.8 Å². The monoisotopic (exact) mass is 327 g/mol. The standard InChI is InChI=1S/C18H25N5O/c1-3-13-4-6-14(7-5-13)12-16(24)20-18-21-17(22-23(18)2)15-8-10-19-11-9-15/h4-7,15,19H,3,8-12H2,1-2H3,(H,20,21,22,24). The van der Waals surface area contributed by atoms with Gasteiger partial charge in [-0.2, -0.15) is 10.1 Å². The predicted molar refractivity (Wildman–Crippen MR) is 94.0 cm³/mol. The quantitative estimate of drug-likeness (QED) is 0.881. The molecule has 1 fully saturated rings. The highest BCUT2D eigenvalue weighted by molar-refractivity contribution is 5.90. The summed E-state index contributed by atoms with van der Waals surface area (Å²) >= 11 is 0. The van der Waals surface area contributed by atoms with Crippen molar-refractivity contribution in [2.45, 2.75) is 38.5 Å². The molecule has 1 amide bonds. The Morgan fingerprint density at radius 3 is 2.58 bits per heavy atom. The molecule has 3 rings (SSSR count). The van der Waals surface area contributed by atoms with Gasteiger partial charge >= 0.3 is 0 Å². The summed E-state index contributed by atoms with van der Waals surface area (Å²) in [6, 6.07) is 8.16. The van der Waals surface area contributed by atoms with Crippen molar-refractivity contribution in [3.63, 3.8) is 0 Å². The van der Waals surface area contributed by atoms with Crippen LogP contribution in [0.2, 0.25) is 0 Å². The van der Waals surface area contributed by atoms with Crippen LogP contribution >= 0.6 is 0 Å². The molecule has 0 saturated carbocycles. The van der Waals surface area contributed by atoms with Gasteiger partial charge in [0.15, 0.2) is 5.82 Å². The lowest BCUT2D eigenvalue weighted by Gasteiger charge is -2.19. The fourth-order valence-corrected chi connectivity index (χ4v) is 3.01. The van der Waals surface area contributed by atoms with Crippen LogP contribution in [0.1, 0.15) is 42.6 Å². The number of nitrogens with zero attached hydrogens (tertiary/aromatic N) is 3. The van der Waals surface area contributed by atoms with Gasteiger partial charge in [-0.1, -0.05) is 31.2 Å². The molecule has 0 bridgehead atoms. The lowest BCUT2D eigenvalue weighted by Crippen LogP contribution is -2.27. The second-order valence-electron chi connectivity index (χ2n) is 6.34. The van der Waals surface area contributed by atoms with Crippen molar-refractivity contribution in [2.24, 2.45) is 7.05 Å². The molecule has 2 aromatic rings. The van der Waals surface area contributed by atoms with E-state index in [0.29, 0.717) is 18.3 Å². The minimum absolute atomic E-state index is 0.0633. The molecular weight excluding hydrogens is 302 g/mol. The number of hydrogen-bond donors (Lipinski definition) is 2. The molecule has 128 valence electrons. The zero-order valence-corrected chi connectivity index (χ0v) is 14.4. The number of piperidine rings is 1. The van der Waals surface area contributed by atoms with Gasteiger partial charge in [-0.15, -0.1) is 0 Å². The molecule has 2 N–H and O–H groups in total. The van der Waals surface area contributed by atoms with Crippen LogP contribution in [0.25, 0.3) is 0 Å². The zero-order valence-electron chi connectivity index (χ0n) is 14.4. The third-order valence-electron chi connectivity index (χ3n) is 4.53. The van der Waals surface area contributed by atoms with Crippen molar-refractivity contribution < 1.29 is 4.79 Å². The van der Waals surface area contributed by atoms with Crippen molar-refractivity contribution in [3.05, 3.63) is 41.2 Å². The lowest BCUT2D eigenvalue weighted by atomic mass is 9.98. The van der Waals surface area contributed by atoms with E-state index in [4.69, 9.17) is 0 Å². The molecule has 1 saturated heterocycles. The van der Waals surface area contributed by atoms with Gasteiger partial charge in [-0.3, -0.25) is 10.1 Å². The Kier molecular flexibility index (Phi) is 5.25. The number of aryl methyl sites for hydroxylation is 2. The minimum Gasteiger partial charge on any atom is -0.317 e. The third-order valence-corrected chi connectivity index (χ3v) is 4.53. The average Bonchev–Trinajstić information content (AvgIpc) is 2.97. The number of hydrogen-bond acceptors (Lipinski definition) is 4. The van der Waals surface area contributed by atoms with Crippen LogP contribution in [-0.2, 0) is 24.7 Å². The van der Waals surface area contributed by atoms with Gasteiger partial charge in [0.2, 0.25) is 11.9 Å². The molecule has 24 heavy (non-hydrogen) atoms. The van der Waals surface area contributed by atoms with E-state index in [1.165, 1.54) is 5.56 Å². The van der Waals surface area contributed by atoms with Crippen LogP contribution in [0.4, 0.5) is 5.95 Å². The van der Waals surface area contributed by atoms with E-state index in [1.54, 1.807) is 4.68 Å². The number of rotatable bonds is 5. The minimum atomic E-state index is -0.0633. The van der Waals surface area contributed by atoms with E-state index in [0.717, 1.165) is 43.7 Å². The number of carbonyl (C=O) groups excluding carboxylic acids is 1. The number of anilines is 1. The summed E-state index contributed by atoms with van der Waals surface area (Å²) in [7, 11) is 1.82. The first-order valence-electron chi connectivity index (χ1n) is 8.65. The Balaban J connectivity index is 1.62. The van der Waals surface area contributed by atoms with Crippen LogP contribution in [0.15, 0.2) is 24.3 Å². The van der Waals surface area contributed by atoms with Gasteiger partial charge in [0.05, 0.1) is 6.42 Å². The summed E-state index contributed by atoms with van der Waals surface area (Å²) in [5.41, 5.74) is 2.28. The largest absolute Gasteiger partial charge is 0.317 e. The van der Waals surface area contributed by atoms with Crippen LogP contribution in [0, 0.1) is 0 Å². The smallest absolute Gasteiger partial charge is 0.231 e. The Morgan fingerprint density at radius 1 is 1.25 bits per heavy atom. The summed E-state index contributed by atoms with van der Waals surface area (Å²) in [5, 5.41) is 10.7. The number of amides is 1. The Bertz CT molecular complexity index is 686. The first kappa shape index (κ1) is 16.6. The molecule has 1 aliphatic rings. The summed E-state index contributed by atoms with van der Waals surface area (Å²) in [4.78, 5) is 16.8. The predicted octanol–water partition coefficient (Wildman–Crippen LogP) is 2.03. The van der Waals surface area contributed by atoms with E-state index in [9.17, 15) is 4.79 Å². The topological polar surface area (TPSA) is 71.8 Å². The molecule has 0 radical (unpaired) electrons. The fourth-order valence-electron chi connectivity index (χ4n) is 3.01. The maximum Gasteiger partial charge on any atom is 0.231 e. The maximum absolute atomic E-state index is 12.3. The van der Waals surface area contributed by atoms with Gasteiger partial charge in [0, 0.05) is 13.0 Å². The van der Waals surface area contributed by atoms with Crippen molar-refractivity contribution in [1.82, 2.24) is 20.1 Å². The average molecular weight is 327 g/mol. The Morgan fingerprint density at radius 2 is 1.92 bits per heavy atom. The number of carbonyl (C=O) groups is 1. The molecule has 0 spiro atoms. The van der Waals surface area contributed by atoms with E-state index in [-0.39, 0.29) is 5.91 Å². The van der Waals surface area contributed by atoms with Crippen LogP contribution in [0.5, 0.6) is 0 Å². The maximum atomic E-state index is 12.3. The number of aromatic nitrogens is 3. The number of benzene rings is 1. The van der Waals surface area contributed by atoms with Crippen molar-refractivity contribution in [1.29, 1.82) is 0 Å². The van der Waals surface area contributed by atoms with Gasteiger partial charge in [-0.05, 0) is 43.5 Å². The fraction of sp³-hybridized carbons (Fsp3) is 0.500. The molecule has 6 heteroatoms. The highest BCUT2D eigenvalue weighted by Gasteiger charge is 2.21. The van der Waals surface area contributed by atoms with Crippen LogP contribution in [-0.4, -0.2) is 33.8 Å². The summed E-state index contributed by atoms with van der Waals surface area (Å²) < 4.78 is 1.66. The number of nitrogens with one attached hydrogen (secondary N) is 2.